The van der Waals surface area contributed by atoms with Crippen molar-refractivity contribution < 1.29 is 9.21 Å². The van der Waals surface area contributed by atoms with Gasteiger partial charge in [0.1, 0.15) is 5.76 Å². The van der Waals surface area contributed by atoms with Crippen molar-refractivity contribution in [1.29, 1.82) is 0 Å². The van der Waals surface area contributed by atoms with Gasteiger partial charge in [0.25, 0.3) is 5.91 Å². The number of carbonyl (C=O) groups excluding carboxylic acids is 1. The van der Waals surface area contributed by atoms with Crippen LogP contribution in [0.25, 0.3) is 11.3 Å². The Bertz CT molecular complexity index is 687. The first-order valence-electron chi connectivity index (χ1n) is 8.66. The summed E-state index contributed by atoms with van der Waals surface area (Å²) in [4.78, 5) is 14.5. The maximum atomic E-state index is 12.6. The van der Waals surface area contributed by atoms with E-state index in [-0.39, 0.29) is 11.3 Å². The molecular weight excluding hydrogens is 300 g/mol. The average molecular weight is 326 g/mol. The maximum Gasteiger partial charge on any atom is 0.289 e. The normalized spacial score (nSPS) is 16.0. The molecule has 0 bridgehead atoms. The molecular formula is C20H26N2O2. The van der Waals surface area contributed by atoms with Gasteiger partial charge in [-0.3, -0.25) is 4.79 Å². The van der Waals surface area contributed by atoms with Gasteiger partial charge in [0, 0.05) is 25.2 Å². The molecule has 0 unspecified atom stereocenters. The monoisotopic (exact) mass is 326 g/mol. The van der Waals surface area contributed by atoms with Crippen LogP contribution < -0.4 is 5.32 Å². The number of hydrogen-bond acceptors (Lipinski definition) is 3. The summed E-state index contributed by atoms with van der Waals surface area (Å²) < 4.78 is 5.84. The summed E-state index contributed by atoms with van der Waals surface area (Å²) in [6.45, 7) is 9.91. The Labute approximate surface area is 143 Å². The van der Waals surface area contributed by atoms with Crippen LogP contribution in [0.1, 0.15) is 43.3 Å². The first kappa shape index (κ1) is 16.8. The van der Waals surface area contributed by atoms with Gasteiger partial charge in [-0.1, -0.05) is 45.0 Å². The predicted octanol–water partition coefficient (Wildman–Crippen LogP) is 3.68. The highest BCUT2D eigenvalue weighted by atomic mass is 16.4. The summed E-state index contributed by atoms with van der Waals surface area (Å²) in [5.74, 6) is 1.15. The van der Waals surface area contributed by atoms with Gasteiger partial charge < -0.3 is 14.6 Å². The lowest BCUT2D eigenvalue weighted by molar-refractivity contribution is 0.0735. The summed E-state index contributed by atoms with van der Waals surface area (Å²) in [5, 5.41) is 3.31. The second kappa shape index (κ2) is 6.81. The first-order chi connectivity index (χ1) is 11.4. The van der Waals surface area contributed by atoms with Crippen LogP contribution in [0.4, 0.5) is 0 Å². The first-order valence-corrected chi connectivity index (χ1v) is 8.66. The maximum absolute atomic E-state index is 12.6. The molecule has 3 rings (SSSR count). The number of nitrogens with zero attached hydrogens (tertiary/aromatic N) is 1. The molecule has 1 aliphatic heterocycles. The Kier molecular flexibility index (Phi) is 4.76. The number of nitrogens with one attached hydrogen (secondary N) is 1. The third kappa shape index (κ3) is 3.70. The Morgan fingerprint density at radius 3 is 2.50 bits per heavy atom. The molecule has 1 N–H and O–H groups in total. The van der Waals surface area contributed by atoms with Crippen molar-refractivity contribution in [2.45, 2.75) is 32.6 Å². The van der Waals surface area contributed by atoms with E-state index in [0.29, 0.717) is 5.76 Å². The van der Waals surface area contributed by atoms with Crippen molar-refractivity contribution in [3.05, 3.63) is 47.7 Å². The van der Waals surface area contributed by atoms with Crippen molar-refractivity contribution in [2.75, 3.05) is 26.2 Å². The number of carbonyl (C=O) groups is 1. The predicted molar refractivity (Wildman–Crippen MR) is 96.2 cm³/mol. The Morgan fingerprint density at radius 2 is 1.79 bits per heavy atom. The second-order valence-electron chi connectivity index (χ2n) is 7.39. The zero-order valence-corrected chi connectivity index (χ0v) is 14.8. The molecule has 4 nitrogen and oxygen atoms in total. The van der Waals surface area contributed by atoms with Crippen LogP contribution in [-0.4, -0.2) is 37.0 Å². The van der Waals surface area contributed by atoms with Crippen LogP contribution in [0.2, 0.25) is 0 Å². The van der Waals surface area contributed by atoms with Crippen LogP contribution in [0, 0.1) is 0 Å². The minimum absolute atomic E-state index is 0.0174. The van der Waals surface area contributed by atoms with Gasteiger partial charge in [0.15, 0.2) is 5.76 Å². The van der Waals surface area contributed by atoms with Gasteiger partial charge in [-0.15, -0.1) is 0 Å². The van der Waals surface area contributed by atoms with E-state index in [2.05, 4.69) is 50.4 Å². The SMILES string of the molecule is CC(C)(C)c1ccc(-c2ccc(C(=O)N3CCCNCC3)o2)cc1. The van der Waals surface area contributed by atoms with Crippen LogP contribution in [0.15, 0.2) is 40.8 Å². The highest BCUT2D eigenvalue weighted by Gasteiger charge is 2.21. The zero-order valence-electron chi connectivity index (χ0n) is 14.8. The third-order valence-electron chi connectivity index (χ3n) is 4.48. The van der Waals surface area contributed by atoms with Gasteiger partial charge in [0.05, 0.1) is 0 Å². The quantitative estimate of drug-likeness (QED) is 0.915. The highest BCUT2D eigenvalue weighted by molar-refractivity contribution is 5.92. The standard InChI is InChI=1S/C20H26N2O2/c1-20(2,3)16-7-5-15(6-8-16)17-9-10-18(24-17)19(23)22-13-4-11-21-12-14-22/h5-10,21H,4,11-14H2,1-3H3. The van der Waals surface area contributed by atoms with Crippen LogP contribution in [0.5, 0.6) is 0 Å². The number of amides is 1. The van der Waals surface area contributed by atoms with Crippen LogP contribution in [0.3, 0.4) is 0 Å². The number of benzene rings is 1. The Hall–Kier alpha value is -2.07. The minimum Gasteiger partial charge on any atom is -0.451 e. The van der Waals surface area contributed by atoms with Crippen molar-refractivity contribution in [3.63, 3.8) is 0 Å². The lowest BCUT2D eigenvalue weighted by Crippen LogP contribution is -2.33. The molecule has 1 saturated heterocycles. The van der Waals surface area contributed by atoms with Gasteiger partial charge >= 0.3 is 0 Å². The van der Waals surface area contributed by atoms with Crippen LogP contribution >= 0.6 is 0 Å². The lowest BCUT2D eigenvalue weighted by Gasteiger charge is -2.19. The summed E-state index contributed by atoms with van der Waals surface area (Å²) in [6.07, 6.45) is 0.980. The second-order valence-corrected chi connectivity index (χ2v) is 7.39. The molecule has 128 valence electrons. The van der Waals surface area contributed by atoms with Gasteiger partial charge in [-0.25, -0.2) is 0 Å². The number of furan rings is 1. The minimum atomic E-state index is -0.0174. The highest BCUT2D eigenvalue weighted by Crippen LogP contribution is 2.27. The molecule has 1 aromatic heterocycles. The molecule has 0 radical (unpaired) electrons. The fourth-order valence-electron chi connectivity index (χ4n) is 2.95. The molecule has 2 aromatic rings. The van der Waals surface area contributed by atoms with E-state index in [1.165, 1.54) is 5.56 Å². The molecule has 1 aliphatic rings. The fraction of sp³-hybridized carbons (Fsp3) is 0.450. The van der Waals surface area contributed by atoms with E-state index in [1.807, 2.05) is 11.0 Å². The lowest BCUT2D eigenvalue weighted by atomic mass is 9.86. The van der Waals surface area contributed by atoms with E-state index in [4.69, 9.17) is 4.42 Å². The van der Waals surface area contributed by atoms with Crippen LogP contribution in [-0.2, 0) is 5.41 Å². The van der Waals surface area contributed by atoms with Gasteiger partial charge in [0.2, 0.25) is 0 Å². The molecule has 0 atom stereocenters. The van der Waals surface area contributed by atoms with Crippen molar-refractivity contribution >= 4 is 5.91 Å². The summed E-state index contributed by atoms with van der Waals surface area (Å²) in [7, 11) is 0. The van der Waals surface area contributed by atoms with Gasteiger partial charge in [-0.05, 0) is 36.1 Å². The Balaban J connectivity index is 1.76. The topological polar surface area (TPSA) is 45.5 Å². The third-order valence-corrected chi connectivity index (χ3v) is 4.48. The number of hydrogen-bond donors (Lipinski definition) is 1. The smallest absolute Gasteiger partial charge is 0.289 e. The molecule has 1 aromatic carbocycles. The molecule has 24 heavy (non-hydrogen) atoms. The number of rotatable bonds is 2. The molecule has 2 heterocycles. The van der Waals surface area contributed by atoms with E-state index < -0.39 is 0 Å². The zero-order chi connectivity index (χ0) is 17.2. The molecule has 1 fully saturated rings. The van der Waals surface area contributed by atoms with Gasteiger partial charge in [-0.2, -0.15) is 0 Å². The largest absolute Gasteiger partial charge is 0.451 e. The molecule has 1 amide bonds. The fourth-order valence-corrected chi connectivity index (χ4v) is 2.95. The molecule has 0 saturated carbocycles. The van der Waals surface area contributed by atoms with Crippen molar-refractivity contribution in [3.8, 4) is 11.3 Å². The van der Waals surface area contributed by atoms with E-state index in [9.17, 15) is 4.79 Å². The summed E-state index contributed by atoms with van der Waals surface area (Å²) in [6, 6.07) is 12.0. The molecule has 0 aliphatic carbocycles. The van der Waals surface area contributed by atoms with Crippen molar-refractivity contribution in [1.82, 2.24) is 10.2 Å². The van der Waals surface area contributed by atoms with E-state index >= 15 is 0 Å². The molecule has 4 heteroatoms. The van der Waals surface area contributed by atoms with E-state index in [1.54, 1.807) is 6.07 Å². The average Bonchev–Trinajstić information content (AvgIpc) is 2.89. The summed E-state index contributed by atoms with van der Waals surface area (Å²) >= 11 is 0. The van der Waals surface area contributed by atoms with Crippen molar-refractivity contribution in [2.24, 2.45) is 0 Å². The Morgan fingerprint density at radius 1 is 1.04 bits per heavy atom. The van der Waals surface area contributed by atoms with E-state index in [0.717, 1.165) is 43.9 Å². The molecule has 0 spiro atoms. The summed E-state index contributed by atoms with van der Waals surface area (Å²) in [5.41, 5.74) is 2.41.